The van der Waals surface area contributed by atoms with Crippen molar-refractivity contribution < 1.29 is 27.1 Å². The highest BCUT2D eigenvalue weighted by atomic mass is 35.5. The first kappa shape index (κ1) is 14.7. The minimum absolute atomic E-state index is 0.0823. The van der Waals surface area contributed by atoms with Crippen LogP contribution in [0.1, 0.15) is 5.69 Å². The van der Waals surface area contributed by atoms with Crippen LogP contribution in [0.2, 0.25) is 5.02 Å². The lowest BCUT2D eigenvalue weighted by molar-refractivity contribution is 0.277. The van der Waals surface area contributed by atoms with Crippen molar-refractivity contribution >= 4 is 11.6 Å². The first-order chi connectivity index (χ1) is 9.38. The average Bonchev–Trinajstić information content (AvgIpc) is 2.43. The van der Waals surface area contributed by atoms with Crippen molar-refractivity contribution in [2.24, 2.45) is 0 Å². The van der Waals surface area contributed by atoms with Crippen LogP contribution in [0.25, 0.3) is 11.1 Å². The lowest BCUT2D eigenvalue weighted by atomic mass is 10.0. The van der Waals surface area contributed by atoms with Gasteiger partial charge in [0.05, 0.1) is 22.9 Å². The van der Waals surface area contributed by atoms with Crippen molar-refractivity contribution in [1.29, 1.82) is 0 Å². The zero-order chi connectivity index (χ0) is 15.0. The van der Waals surface area contributed by atoms with E-state index in [-0.39, 0.29) is 10.7 Å². The molecule has 1 aromatic carbocycles. The van der Waals surface area contributed by atoms with Crippen molar-refractivity contribution in [3.8, 4) is 11.1 Å². The normalized spacial score (nSPS) is 10.9. The molecule has 1 N–H and O–H groups in total. The van der Waals surface area contributed by atoms with Crippen molar-refractivity contribution in [3.63, 3.8) is 0 Å². The number of pyridine rings is 1. The highest BCUT2D eigenvalue weighted by Crippen LogP contribution is 2.34. The maximum Gasteiger partial charge on any atom is 0.200 e. The Balaban J connectivity index is 2.86. The van der Waals surface area contributed by atoms with Crippen LogP contribution in [-0.2, 0) is 6.61 Å². The molecular formula is C12H5ClF5NO. The fourth-order valence-electron chi connectivity index (χ4n) is 1.65. The summed E-state index contributed by atoms with van der Waals surface area (Å²) in [4.78, 5) is 3.58. The molecule has 0 radical (unpaired) electrons. The van der Waals surface area contributed by atoms with Crippen LogP contribution in [0.5, 0.6) is 0 Å². The molecule has 8 heteroatoms. The summed E-state index contributed by atoms with van der Waals surface area (Å²) in [6, 6.07) is 0.957. The second-order valence-electron chi connectivity index (χ2n) is 3.75. The van der Waals surface area contributed by atoms with Crippen molar-refractivity contribution in [2.75, 3.05) is 0 Å². The van der Waals surface area contributed by atoms with E-state index in [2.05, 4.69) is 4.98 Å². The topological polar surface area (TPSA) is 33.1 Å². The van der Waals surface area contributed by atoms with Crippen LogP contribution in [-0.4, -0.2) is 10.1 Å². The fourth-order valence-corrected chi connectivity index (χ4v) is 1.81. The minimum Gasteiger partial charge on any atom is -0.390 e. The first-order valence-corrected chi connectivity index (χ1v) is 5.53. The smallest absolute Gasteiger partial charge is 0.200 e. The van der Waals surface area contributed by atoms with E-state index < -0.39 is 46.8 Å². The number of aromatic nitrogens is 1. The molecule has 0 bridgehead atoms. The van der Waals surface area contributed by atoms with Crippen LogP contribution in [0.3, 0.4) is 0 Å². The van der Waals surface area contributed by atoms with E-state index in [1.807, 2.05) is 0 Å². The number of nitrogens with zero attached hydrogens (tertiary/aromatic N) is 1. The number of halogens is 6. The average molecular weight is 310 g/mol. The molecule has 0 aliphatic rings. The van der Waals surface area contributed by atoms with E-state index in [9.17, 15) is 22.0 Å². The van der Waals surface area contributed by atoms with E-state index in [1.54, 1.807) is 0 Å². The Kier molecular flexibility index (Phi) is 3.92. The summed E-state index contributed by atoms with van der Waals surface area (Å²) in [7, 11) is 0. The molecule has 2 aromatic rings. The van der Waals surface area contributed by atoms with Crippen LogP contribution >= 0.6 is 11.6 Å². The summed E-state index contributed by atoms with van der Waals surface area (Å²) in [5, 5.41) is 8.95. The van der Waals surface area contributed by atoms with Gasteiger partial charge in [-0.25, -0.2) is 22.0 Å². The van der Waals surface area contributed by atoms with Gasteiger partial charge in [0, 0.05) is 11.8 Å². The van der Waals surface area contributed by atoms with Gasteiger partial charge in [-0.2, -0.15) is 0 Å². The standard InChI is InChI=1S/C12H5ClF5NO/c13-4-1-5(6(3-20)19-2-4)7-8(14)10(16)12(18)11(17)9(7)15/h1-2,20H,3H2. The molecule has 0 unspecified atom stereocenters. The Labute approximate surface area is 114 Å². The van der Waals surface area contributed by atoms with Crippen LogP contribution in [0, 0.1) is 29.1 Å². The zero-order valence-electron chi connectivity index (χ0n) is 9.52. The Bertz CT molecular complexity index is 663. The largest absolute Gasteiger partial charge is 0.390 e. The third kappa shape index (κ3) is 2.23. The highest BCUT2D eigenvalue weighted by molar-refractivity contribution is 6.30. The predicted molar refractivity (Wildman–Crippen MR) is 60.4 cm³/mol. The molecule has 0 spiro atoms. The number of rotatable bonds is 2. The van der Waals surface area contributed by atoms with Crippen molar-refractivity contribution in [3.05, 3.63) is 52.1 Å². The fraction of sp³-hybridized carbons (Fsp3) is 0.0833. The van der Waals surface area contributed by atoms with Gasteiger partial charge >= 0.3 is 0 Å². The highest BCUT2D eigenvalue weighted by Gasteiger charge is 2.28. The van der Waals surface area contributed by atoms with E-state index in [0.717, 1.165) is 12.3 Å². The number of benzene rings is 1. The lowest BCUT2D eigenvalue weighted by Gasteiger charge is -2.11. The van der Waals surface area contributed by atoms with Gasteiger partial charge < -0.3 is 5.11 Å². The number of hydrogen-bond donors (Lipinski definition) is 1. The van der Waals surface area contributed by atoms with E-state index in [1.165, 1.54) is 0 Å². The second-order valence-corrected chi connectivity index (χ2v) is 4.19. The van der Waals surface area contributed by atoms with Gasteiger partial charge in [0.2, 0.25) is 5.82 Å². The van der Waals surface area contributed by atoms with Gasteiger partial charge in [0.15, 0.2) is 23.3 Å². The summed E-state index contributed by atoms with van der Waals surface area (Å²) < 4.78 is 66.6. The van der Waals surface area contributed by atoms with Crippen LogP contribution < -0.4 is 0 Å². The first-order valence-electron chi connectivity index (χ1n) is 5.15. The molecule has 0 fully saturated rings. The monoisotopic (exact) mass is 309 g/mol. The molecule has 1 heterocycles. The lowest BCUT2D eigenvalue weighted by Crippen LogP contribution is -2.06. The molecule has 2 nitrogen and oxygen atoms in total. The number of aliphatic hydroxyl groups is 1. The molecule has 0 saturated heterocycles. The second kappa shape index (κ2) is 5.34. The summed E-state index contributed by atoms with van der Waals surface area (Å²) in [5.74, 6) is -10.4. The molecule has 106 valence electrons. The molecule has 1 aromatic heterocycles. The van der Waals surface area contributed by atoms with E-state index in [4.69, 9.17) is 16.7 Å². The van der Waals surface area contributed by atoms with Gasteiger partial charge in [-0.1, -0.05) is 11.6 Å². The summed E-state index contributed by atoms with van der Waals surface area (Å²) in [5.41, 5.74) is -1.91. The third-order valence-corrected chi connectivity index (χ3v) is 2.77. The Hall–Kier alpha value is -1.73. The molecule has 2 rings (SSSR count). The third-order valence-electron chi connectivity index (χ3n) is 2.57. The molecule has 0 saturated carbocycles. The zero-order valence-corrected chi connectivity index (χ0v) is 10.3. The summed E-state index contributed by atoms with van der Waals surface area (Å²) in [6.07, 6.45) is 1.07. The summed E-state index contributed by atoms with van der Waals surface area (Å²) in [6.45, 7) is -0.758. The molecule has 0 amide bonds. The number of aliphatic hydroxyl groups excluding tert-OH is 1. The maximum absolute atomic E-state index is 13.7. The molecule has 0 atom stereocenters. The number of hydrogen-bond acceptors (Lipinski definition) is 2. The molecular weight excluding hydrogens is 305 g/mol. The van der Waals surface area contributed by atoms with Gasteiger partial charge in [0.1, 0.15) is 0 Å². The van der Waals surface area contributed by atoms with Crippen molar-refractivity contribution in [1.82, 2.24) is 4.98 Å². The van der Waals surface area contributed by atoms with Gasteiger partial charge in [0.25, 0.3) is 0 Å². The van der Waals surface area contributed by atoms with Gasteiger partial charge in [-0.15, -0.1) is 0 Å². The molecule has 0 aliphatic carbocycles. The Morgan fingerprint density at radius 1 is 0.950 bits per heavy atom. The SMILES string of the molecule is OCc1ncc(Cl)cc1-c1c(F)c(F)c(F)c(F)c1F. The minimum atomic E-state index is -2.26. The summed E-state index contributed by atoms with van der Waals surface area (Å²) >= 11 is 5.59. The van der Waals surface area contributed by atoms with Gasteiger partial charge in [-0.05, 0) is 6.07 Å². The Morgan fingerprint density at radius 3 is 1.95 bits per heavy atom. The van der Waals surface area contributed by atoms with E-state index >= 15 is 0 Å². The van der Waals surface area contributed by atoms with Crippen LogP contribution in [0.4, 0.5) is 22.0 Å². The quantitative estimate of drug-likeness (QED) is 0.522. The maximum atomic E-state index is 13.7. The predicted octanol–water partition coefficient (Wildman–Crippen LogP) is 3.59. The molecule has 20 heavy (non-hydrogen) atoms. The van der Waals surface area contributed by atoms with E-state index in [0.29, 0.717) is 0 Å². The van der Waals surface area contributed by atoms with Crippen molar-refractivity contribution in [2.45, 2.75) is 6.61 Å². The van der Waals surface area contributed by atoms with Gasteiger partial charge in [-0.3, -0.25) is 4.98 Å². The Morgan fingerprint density at radius 2 is 1.45 bits per heavy atom. The molecule has 0 aliphatic heterocycles. The van der Waals surface area contributed by atoms with Crippen LogP contribution in [0.15, 0.2) is 12.3 Å².